The van der Waals surface area contributed by atoms with Crippen LogP contribution in [0, 0.1) is 0 Å². The summed E-state index contributed by atoms with van der Waals surface area (Å²) in [5.41, 5.74) is 3.22. The minimum Gasteiger partial charge on any atom is -0.383 e. The van der Waals surface area contributed by atoms with Gasteiger partial charge >= 0.3 is 0 Å². The first-order valence-electron chi connectivity index (χ1n) is 9.55. The zero-order valence-electron chi connectivity index (χ0n) is 16.3. The fourth-order valence-corrected chi connectivity index (χ4v) is 3.91. The van der Waals surface area contributed by atoms with Crippen molar-refractivity contribution in [1.29, 1.82) is 0 Å². The predicted octanol–water partition coefficient (Wildman–Crippen LogP) is 6.40. The molecule has 0 saturated carbocycles. The summed E-state index contributed by atoms with van der Waals surface area (Å²) >= 11 is 5.98. The lowest BCUT2D eigenvalue weighted by Gasteiger charge is -2.17. The van der Waals surface area contributed by atoms with Crippen LogP contribution in [0.1, 0.15) is 13.3 Å². The standard InChI is InChI=1S/C23H24ClN3.2ClH/c1-2-17(15-24)25-13-14-26-22-19-9-5-6-10-21(19)27-23-18-8-4-3-7-16(18)11-12-20(22)23;;/h3-12,17,25H,2,13-15H2,1H3,(H,26,27);2*1H. The first-order chi connectivity index (χ1) is 13.3. The van der Waals surface area contributed by atoms with E-state index in [0.29, 0.717) is 11.9 Å². The van der Waals surface area contributed by atoms with Gasteiger partial charge in [-0.25, -0.2) is 4.98 Å². The molecule has 0 amide bonds. The van der Waals surface area contributed by atoms with Crippen molar-refractivity contribution in [2.75, 3.05) is 24.3 Å². The van der Waals surface area contributed by atoms with Crippen LogP contribution >= 0.6 is 36.4 Å². The smallest absolute Gasteiger partial charge is 0.0808 e. The van der Waals surface area contributed by atoms with Crippen LogP contribution in [-0.4, -0.2) is 30.0 Å². The summed E-state index contributed by atoms with van der Waals surface area (Å²) in [4.78, 5) is 4.98. The summed E-state index contributed by atoms with van der Waals surface area (Å²) in [5.74, 6) is 0.642. The second kappa shape index (κ2) is 10.8. The molecule has 1 unspecified atom stereocenters. The van der Waals surface area contributed by atoms with Crippen molar-refractivity contribution < 1.29 is 0 Å². The van der Waals surface area contributed by atoms with Crippen molar-refractivity contribution in [3.63, 3.8) is 0 Å². The van der Waals surface area contributed by atoms with Gasteiger partial charge in [0.15, 0.2) is 0 Å². The van der Waals surface area contributed by atoms with E-state index in [4.69, 9.17) is 16.6 Å². The molecule has 3 aromatic carbocycles. The normalized spacial score (nSPS) is 11.8. The van der Waals surface area contributed by atoms with E-state index in [-0.39, 0.29) is 24.8 Å². The van der Waals surface area contributed by atoms with Crippen molar-refractivity contribution >= 4 is 74.7 Å². The quantitative estimate of drug-likeness (QED) is 0.148. The number of nitrogens with zero attached hydrogens (tertiary/aromatic N) is 1. The number of anilines is 1. The van der Waals surface area contributed by atoms with Crippen molar-refractivity contribution in [2.24, 2.45) is 0 Å². The number of hydrogen-bond acceptors (Lipinski definition) is 3. The van der Waals surface area contributed by atoms with Crippen LogP contribution < -0.4 is 10.6 Å². The third kappa shape index (κ3) is 4.87. The monoisotopic (exact) mass is 449 g/mol. The Kier molecular flexibility index (Phi) is 8.79. The molecule has 6 heteroatoms. The summed E-state index contributed by atoms with van der Waals surface area (Å²) in [5, 5.41) is 11.9. The Morgan fingerprint density at radius 3 is 2.34 bits per heavy atom. The van der Waals surface area contributed by atoms with Crippen molar-refractivity contribution in [3.8, 4) is 0 Å². The highest BCUT2D eigenvalue weighted by molar-refractivity contribution is 6.18. The van der Waals surface area contributed by atoms with Crippen LogP contribution in [0.5, 0.6) is 0 Å². The maximum atomic E-state index is 5.98. The molecule has 0 spiro atoms. The topological polar surface area (TPSA) is 37.0 Å². The van der Waals surface area contributed by atoms with Gasteiger partial charge in [-0.3, -0.25) is 0 Å². The van der Waals surface area contributed by atoms with Gasteiger partial charge in [0.2, 0.25) is 0 Å². The first-order valence-corrected chi connectivity index (χ1v) is 10.1. The number of benzene rings is 3. The lowest BCUT2D eigenvalue weighted by Crippen LogP contribution is -2.33. The molecule has 29 heavy (non-hydrogen) atoms. The fourth-order valence-electron chi connectivity index (χ4n) is 3.59. The van der Waals surface area contributed by atoms with E-state index in [9.17, 15) is 0 Å². The van der Waals surface area contributed by atoms with Gasteiger partial charge in [0.25, 0.3) is 0 Å². The molecule has 3 nitrogen and oxygen atoms in total. The van der Waals surface area contributed by atoms with E-state index in [1.54, 1.807) is 0 Å². The van der Waals surface area contributed by atoms with Gasteiger partial charge in [-0.15, -0.1) is 36.4 Å². The van der Waals surface area contributed by atoms with Gasteiger partial charge in [0.05, 0.1) is 16.7 Å². The highest BCUT2D eigenvalue weighted by atomic mass is 35.5. The summed E-state index contributed by atoms with van der Waals surface area (Å²) in [6.45, 7) is 3.86. The predicted molar refractivity (Wildman–Crippen MR) is 133 cm³/mol. The lowest BCUT2D eigenvalue weighted by atomic mass is 10.0. The minimum absolute atomic E-state index is 0. The minimum atomic E-state index is 0. The molecule has 4 aromatic rings. The second-order valence-electron chi connectivity index (χ2n) is 6.83. The van der Waals surface area contributed by atoms with E-state index < -0.39 is 0 Å². The fraction of sp³-hybridized carbons (Fsp3) is 0.261. The van der Waals surface area contributed by atoms with Crippen LogP contribution in [0.15, 0.2) is 60.7 Å². The van der Waals surface area contributed by atoms with Crippen molar-refractivity contribution in [2.45, 2.75) is 19.4 Å². The van der Waals surface area contributed by atoms with Crippen molar-refractivity contribution in [1.82, 2.24) is 10.3 Å². The summed E-state index contributed by atoms with van der Waals surface area (Å²) in [6.07, 6.45) is 1.04. The van der Waals surface area contributed by atoms with E-state index in [0.717, 1.165) is 47.0 Å². The Bertz CT molecular complexity index is 1080. The van der Waals surface area contributed by atoms with Crippen LogP contribution in [0.25, 0.3) is 32.6 Å². The van der Waals surface area contributed by atoms with Crippen LogP contribution in [0.3, 0.4) is 0 Å². The Morgan fingerprint density at radius 2 is 1.59 bits per heavy atom. The largest absolute Gasteiger partial charge is 0.383 e. The van der Waals surface area contributed by atoms with Gasteiger partial charge in [0, 0.05) is 41.2 Å². The Balaban J connectivity index is 0.00000150. The Hall–Kier alpha value is -1.78. The van der Waals surface area contributed by atoms with Gasteiger partial charge in [-0.05, 0) is 17.9 Å². The van der Waals surface area contributed by atoms with Crippen LogP contribution in [-0.2, 0) is 0 Å². The summed E-state index contributed by atoms with van der Waals surface area (Å²) in [6, 6.07) is 21.5. The Labute approximate surface area is 189 Å². The van der Waals surface area contributed by atoms with E-state index in [1.165, 1.54) is 10.8 Å². The number of alkyl halides is 1. The summed E-state index contributed by atoms with van der Waals surface area (Å²) < 4.78 is 0. The molecule has 0 saturated heterocycles. The molecule has 0 aliphatic rings. The molecular formula is C23H26Cl3N3. The van der Waals surface area contributed by atoms with Gasteiger partial charge in [-0.1, -0.05) is 61.5 Å². The third-order valence-electron chi connectivity index (χ3n) is 5.11. The van der Waals surface area contributed by atoms with E-state index >= 15 is 0 Å². The molecule has 2 N–H and O–H groups in total. The maximum Gasteiger partial charge on any atom is 0.0808 e. The van der Waals surface area contributed by atoms with Gasteiger partial charge in [-0.2, -0.15) is 0 Å². The van der Waals surface area contributed by atoms with Gasteiger partial charge < -0.3 is 10.6 Å². The summed E-state index contributed by atoms with van der Waals surface area (Å²) in [7, 11) is 0. The number of aromatic nitrogens is 1. The molecule has 0 bridgehead atoms. The third-order valence-corrected chi connectivity index (χ3v) is 5.49. The second-order valence-corrected chi connectivity index (χ2v) is 7.14. The van der Waals surface area contributed by atoms with Crippen LogP contribution in [0.2, 0.25) is 0 Å². The molecular weight excluding hydrogens is 425 g/mol. The number of rotatable bonds is 7. The average Bonchev–Trinajstić information content (AvgIpc) is 2.73. The number of para-hydroxylation sites is 1. The molecule has 0 fully saturated rings. The molecule has 4 rings (SSSR count). The number of pyridine rings is 1. The molecule has 0 aliphatic carbocycles. The van der Waals surface area contributed by atoms with E-state index in [1.807, 2.05) is 6.07 Å². The average molecular weight is 451 g/mol. The SMILES string of the molecule is CCC(CCl)NCCNc1c2ccccc2nc2c1ccc1ccccc12.Cl.Cl. The van der Waals surface area contributed by atoms with Crippen LogP contribution in [0.4, 0.5) is 5.69 Å². The van der Waals surface area contributed by atoms with Gasteiger partial charge in [0.1, 0.15) is 0 Å². The zero-order valence-corrected chi connectivity index (χ0v) is 18.7. The molecule has 0 aliphatic heterocycles. The molecule has 1 aromatic heterocycles. The lowest BCUT2D eigenvalue weighted by molar-refractivity contribution is 0.551. The number of fused-ring (bicyclic) bond motifs is 4. The molecule has 154 valence electrons. The van der Waals surface area contributed by atoms with E-state index in [2.05, 4.69) is 72.2 Å². The molecule has 1 atom stereocenters. The first kappa shape index (κ1) is 23.5. The zero-order chi connectivity index (χ0) is 18.6. The highest BCUT2D eigenvalue weighted by Crippen LogP contribution is 2.34. The number of hydrogen-bond donors (Lipinski definition) is 2. The molecule has 1 heterocycles. The number of nitrogens with one attached hydrogen (secondary N) is 2. The Morgan fingerprint density at radius 1 is 0.862 bits per heavy atom. The van der Waals surface area contributed by atoms with Crippen molar-refractivity contribution in [3.05, 3.63) is 60.7 Å². The number of halogens is 3. The maximum absolute atomic E-state index is 5.98. The molecule has 0 radical (unpaired) electrons. The highest BCUT2D eigenvalue weighted by Gasteiger charge is 2.11.